The fourth-order valence-electron chi connectivity index (χ4n) is 6.08. The van der Waals surface area contributed by atoms with Gasteiger partial charge in [0.2, 0.25) is 17.6 Å². The van der Waals surface area contributed by atoms with Gasteiger partial charge >= 0.3 is 6.03 Å². The molecule has 4 unspecified atom stereocenters. The first-order chi connectivity index (χ1) is 23.1. The summed E-state index contributed by atoms with van der Waals surface area (Å²) < 4.78 is 12.7. The van der Waals surface area contributed by atoms with Crippen LogP contribution in [-0.2, 0) is 30.0 Å². The molecule has 11 nitrogen and oxygen atoms in total. The summed E-state index contributed by atoms with van der Waals surface area (Å²) in [5, 5.41) is 11.9. The average Bonchev–Trinajstić information content (AvgIpc) is 4.00. The van der Waals surface area contributed by atoms with Crippen LogP contribution in [0.25, 0.3) is 0 Å². The van der Waals surface area contributed by atoms with E-state index in [0.29, 0.717) is 50.3 Å². The van der Waals surface area contributed by atoms with Crippen LogP contribution in [0.4, 0.5) is 4.79 Å². The molecule has 0 radical (unpaired) electrons. The number of nitrogens with one attached hydrogen (secondary N) is 4. The third-order valence-electron chi connectivity index (χ3n) is 9.31. The molecule has 1 saturated heterocycles. The van der Waals surface area contributed by atoms with Crippen molar-refractivity contribution < 1.29 is 28.2 Å². The van der Waals surface area contributed by atoms with Crippen LogP contribution in [0.5, 0.6) is 0 Å². The second kappa shape index (κ2) is 21.8. The Labute approximate surface area is 299 Å². The normalized spacial score (nSPS) is 19.3. The molecule has 4 amide bonds. The summed E-state index contributed by atoms with van der Waals surface area (Å²) in [7, 11) is 0.825. The fraction of sp³-hybridized carbons (Fsp3) is 0.865. The lowest BCUT2D eigenvalue weighted by atomic mass is 9.90. The van der Waals surface area contributed by atoms with Gasteiger partial charge in [-0.25, -0.2) is 4.79 Å². The molecule has 3 fully saturated rings. The van der Waals surface area contributed by atoms with Crippen LogP contribution in [0.1, 0.15) is 139 Å². The molecule has 2 saturated carbocycles. The minimum atomic E-state index is -1.19. The Kier molecular flexibility index (Phi) is 19.9. The molecular formula is C37H69N5O6S. The third kappa shape index (κ3) is 15.6. The summed E-state index contributed by atoms with van der Waals surface area (Å²) in [5.74, 6) is -0.859. The maximum Gasteiger partial charge on any atom is 0.315 e. The molecule has 4 atom stereocenters. The van der Waals surface area contributed by atoms with Crippen LogP contribution in [0.15, 0.2) is 0 Å². The first-order valence-electron chi connectivity index (χ1n) is 18.9. The number of urea groups is 1. The van der Waals surface area contributed by atoms with E-state index >= 15 is 0 Å². The van der Waals surface area contributed by atoms with Crippen LogP contribution in [-0.4, -0.2) is 92.8 Å². The number of likely N-dealkylation sites (tertiary alicyclic amines) is 1. The number of nitrogens with zero attached hydrogens (tertiary/aromatic N) is 1. The van der Waals surface area contributed by atoms with Gasteiger partial charge in [-0.2, -0.15) is 0 Å². The van der Waals surface area contributed by atoms with Gasteiger partial charge < -0.3 is 26.2 Å². The fourth-order valence-corrected chi connectivity index (χ4v) is 7.38. The number of Topliss-reactive ketones (excluding diaryl/α,β-unsaturated/α-hetero) is 1. The number of aldehydes is 1. The van der Waals surface area contributed by atoms with Gasteiger partial charge in [-0.3, -0.25) is 23.4 Å². The molecule has 4 N–H and O–H groups in total. The van der Waals surface area contributed by atoms with Crippen LogP contribution >= 0.6 is 0 Å². The molecule has 3 rings (SSSR count). The number of hydrogen-bond acceptors (Lipinski definition) is 7. The molecule has 1 aliphatic heterocycles. The zero-order valence-electron chi connectivity index (χ0n) is 32.2. The molecular weight excluding hydrogens is 643 g/mol. The zero-order valence-corrected chi connectivity index (χ0v) is 33.1. The van der Waals surface area contributed by atoms with Gasteiger partial charge in [0, 0.05) is 33.9 Å². The van der Waals surface area contributed by atoms with Crippen molar-refractivity contribution >= 4 is 40.7 Å². The molecule has 0 bridgehead atoms. The summed E-state index contributed by atoms with van der Waals surface area (Å²) >= 11 is 0. The van der Waals surface area contributed by atoms with Crippen LogP contribution in [0, 0.1) is 11.8 Å². The zero-order chi connectivity index (χ0) is 37.4. The van der Waals surface area contributed by atoms with E-state index < -0.39 is 56.9 Å². The predicted octanol–water partition coefficient (Wildman–Crippen LogP) is 5.02. The standard InChI is InChI=1S/C31H54N4O6S.C4H9N.C2H6/c1-8-16-31(17-9-2,20-42(41)30(5,6)7)34-29(40)33-26(21(3)4)28(39)35-18-10-11-24(35)27(38)32-23(25(37)19-36)15-14-22-12-13-22;1-5-4-2-3-4;1-2/h19,21-24,26H,8-18,20H2,1-7H3,(H,32,38)(H2,33,34,40);4-5H,2-3H2,1H3;1-2H3. The number of hydrogen-bond donors (Lipinski definition) is 4. The van der Waals surface area contributed by atoms with Gasteiger partial charge in [-0.05, 0) is 91.0 Å². The van der Waals surface area contributed by atoms with Crippen molar-refractivity contribution in [1.82, 2.24) is 26.2 Å². The van der Waals surface area contributed by atoms with E-state index in [0.717, 1.165) is 38.1 Å². The molecule has 1 heterocycles. The second-order valence-electron chi connectivity index (χ2n) is 15.1. The maximum atomic E-state index is 13.8. The smallest absolute Gasteiger partial charge is 0.315 e. The lowest BCUT2D eigenvalue weighted by Gasteiger charge is -2.37. The van der Waals surface area contributed by atoms with Crippen molar-refractivity contribution in [2.24, 2.45) is 11.8 Å². The number of ketones is 1. The van der Waals surface area contributed by atoms with Crippen molar-refractivity contribution in [2.75, 3.05) is 19.3 Å². The Bertz CT molecular complexity index is 1080. The molecule has 0 aromatic rings. The largest absolute Gasteiger partial charge is 0.344 e. The predicted molar refractivity (Wildman–Crippen MR) is 199 cm³/mol. The molecule has 12 heteroatoms. The van der Waals surface area contributed by atoms with Crippen LogP contribution < -0.4 is 21.3 Å². The van der Waals surface area contributed by atoms with E-state index in [-0.39, 0.29) is 18.1 Å². The lowest BCUT2D eigenvalue weighted by molar-refractivity contribution is -0.141. The van der Waals surface area contributed by atoms with E-state index in [9.17, 15) is 28.2 Å². The Hall–Kier alpha value is -2.34. The van der Waals surface area contributed by atoms with Crippen LogP contribution in [0.3, 0.4) is 0 Å². The molecule has 284 valence electrons. The average molecular weight is 712 g/mol. The first-order valence-corrected chi connectivity index (χ1v) is 20.2. The van der Waals surface area contributed by atoms with Crippen molar-refractivity contribution in [3.05, 3.63) is 0 Å². The van der Waals surface area contributed by atoms with E-state index in [1.807, 2.05) is 69.4 Å². The van der Waals surface area contributed by atoms with Crippen molar-refractivity contribution in [3.63, 3.8) is 0 Å². The van der Waals surface area contributed by atoms with Gasteiger partial charge in [-0.1, -0.05) is 67.2 Å². The highest BCUT2D eigenvalue weighted by molar-refractivity contribution is 7.86. The Morgan fingerprint density at radius 1 is 0.939 bits per heavy atom. The minimum absolute atomic E-state index is 0.251. The SMILES string of the molecule is CC.CCCC(CCC)(CS(=O)C(C)(C)C)NC(=O)NC(C(=O)N1CCCC1C(=O)NC(CCC1CC1)C(=O)C=O)C(C)C.CNC1CC1. The molecule has 3 aliphatic rings. The van der Waals surface area contributed by atoms with E-state index in [2.05, 4.69) is 21.3 Å². The summed E-state index contributed by atoms with van der Waals surface area (Å²) in [4.78, 5) is 65.4. The highest BCUT2D eigenvalue weighted by Crippen LogP contribution is 2.34. The van der Waals surface area contributed by atoms with Crippen LogP contribution in [0.2, 0.25) is 0 Å². The van der Waals surface area contributed by atoms with E-state index in [1.165, 1.54) is 17.7 Å². The Morgan fingerprint density at radius 3 is 1.96 bits per heavy atom. The van der Waals surface area contributed by atoms with Crippen molar-refractivity contribution in [1.29, 1.82) is 0 Å². The monoisotopic (exact) mass is 711 g/mol. The van der Waals surface area contributed by atoms with Crippen molar-refractivity contribution in [2.45, 2.75) is 174 Å². The molecule has 49 heavy (non-hydrogen) atoms. The number of carbonyl (C=O) groups excluding carboxylic acids is 5. The molecule has 0 aromatic heterocycles. The van der Waals surface area contributed by atoms with Gasteiger partial charge in [0.1, 0.15) is 12.1 Å². The topological polar surface area (TPSA) is 154 Å². The van der Waals surface area contributed by atoms with Gasteiger partial charge in [-0.15, -0.1) is 0 Å². The van der Waals surface area contributed by atoms with E-state index in [1.54, 1.807) is 0 Å². The summed E-state index contributed by atoms with van der Waals surface area (Å²) in [6.45, 7) is 17.9. The van der Waals surface area contributed by atoms with Gasteiger partial charge in [0.25, 0.3) is 0 Å². The summed E-state index contributed by atoms with van der Waals surface area (Å²) in [5.41, 5.74) is -0.674. The molecule has 0 aromatic carbocycles. The quantitative estimate of drug-likeness (QED) is 0.115. The number of carbonyl (C=O) groups is 5. The second-order valence-corrected chi connectivity index (χ2v) is 17.3. The highest BCUT2D eigenvalue weighted by atomic mass is 32.2. The molecule has 2 aliphatic carbocycles. The Morgan fingerprint density at radius 2 is 1.53 bits per heavy atom. The van der Waals surface area contributed by atoms with Gasteiger partial charge in [0.05, 0.1) is 11.6 Å². The summed E-state index contributed by atoms with van der Waals surface area (Å²) in [6.07, 6.45) is 10.4. The summed E-state index contributed by atoms with van der Waals surface area (Å²) in [6, 6.07) is -2.15. The minimum Gasteiger partial charge on any atom is -0.344 e. The first kappa shape index (κ1) is 44.7. The van der Waals surface area contributed by atoms with Crippen molar-refractivity contribution in [3.8, 4) is 0 Å². The maximum absolute atomic E-state index is 13.8. The lowest BCUT2D eigenvalue weighted by Crippen LogP contribution is -2.61. The Balaban J connectivity index is 0.00000154. The molecule has 0 spiro atoms. The van der Waals surface area contributed by atoms with E-state index in [4.69, 9.17) is 0 Å². The third-order valence-corrected chi connectivity index (χ3v) is 11.5. The number of rotatable bonds is 18. The highest BCUT2D eigenvalue weighted by Gasteiger charge is 2.41. The van der Waals surface area contributed by atoms with Gasteiger partial charge in [0.15, 0.2) is 6.29 Å². The number of amides is 4.